The summed E-state index contributed by atoms with van der Waals surface area (Å²) in [4.78, 5) is 13.8. The Morgan fingerprint density at radius 3 is 2.59 bits per heavy atom. The minimum Gasteiger partial charge on any atom is -0.335 e. The van der Waals surface area contributed by atoms with E-state index in [1.54, 1.807) is 4.90 Å². The van der Waals surface area contributed by atoms with Crippen molar-refractivity contribution in [2.24, 2.45) is 11.8 Å². The maximum atomic E-state index is 12.8. The molecule has 2 rings (SSSR count). The van der Waals surface area contributed by atoms with Crippen molar-refractivity contribution in [1.82, 2.24) is 4.90 Å². The minimum absolute atomic E-state index is 0.0303. The topological polar surface area (TPSA) is 20.3 Å². The number of hydrogen-bond acceptors (Lipinski definition) is 1. The number of halogens is 1. The van der Waals surface area contributed by atoms with E-state index in [4.69, 9.17) is 0 Å². The van der Waals surface area contributed by atoms with E-state index in [0.717, 1.165) is 5.56 Å². The average molecular weight is 235 g/mol. The van der Waals surface area contributed by atoms with Crippen LogP contribution in [0.2, 0.25) is 0 Å². The van der Waals surface area contributed by atoms with Gasteiger partial charge in [-0.05, 0) is 12.5 Å². The third-order valence-electron chi connectivity index (χ3n) is 3.76. The van der Waals surface area contributed by atoms with Gasteiger partial charge < -0.3 is 4.90 Å². The van der Waals surface area contributed by atoms with Crippen LogP contribution in [-0.2, 0) is 4.79 Å². The zero-order chi connectivity index (χ0) is 12.4. The molecule has 1 saturated heterocycles. The van der Waals surface area contributed by atoms with E-state index in [2.05, 4.69) is 0 Å². The van der Waals surface area contributed by atoms with Gasteiger partial charge in [-0.3, -0.25) is 9.18 Å². The summed E-state index contributed by atoms with van der Waals surface area (Å²) in [5, 5.41) is 0. The van der Waals surface area contributed by atoms with Crippen molar-refractivity contribution in [1.29, 1.82) is 0 Å². The second kappa shape index (κ2) is 4.86. The molecule has 1 heterocycles. The van der Waals surface area contributed by atoms with Crippen molar-refractivity contribution in [3.63, 3.8) is 0 Å². The van der Waals surface area contributed by atoms with Crippen molar-refractivity contribution < 1.29 is 9.18 Å². The highest BCUT2D eigenvalue weighted by Gasteiger charge is 2.39. The summed E-state index contributed by atoms with van der Waals surface area (Å²) >= 11 is 0. The smallest absolute Gasteiger partial charge is 0.226 e. The van der Waals surface area contributed by atoms with E-state index in [0.29, 0.717) is 6.54 Å². The summed E-state index contributed by atoms with van der Waals surface area (Å²) in [7, 11) is 0. The summed E-state index contributed by atoms with van der Waals surface area (Å²) in [6.07, 6.45) is 0. The fourth-order valence-corrected chi connectivity index (χ4v) is 2.41. The Morgan fingerprint density at radius 1 is 1.41 bits per heavy atom. The van der Waals surface area contributed by atoms with Gasteiger partial charge in [-0.2, -0.15) is 0 Å². The molecule has 2 nitrogen and oxygen atoms in total. The van der Waals surface area contributed by atoms with E-state index in [1.807, 2.05) is 44.2 Å². The summed E-state index contributed by atoms with van der Waals surface area (Å²) in [6.45, 7) is 3.95. The first-order valence-corrected chi connectivity index (χ1v) is 6.06. The Bertz CT molecular complexity index is 392. The van der Waals surface area contributed by atoms with Crippen molar-refractivity contribution in [2.45, 2.75) is 19.9 Å². The molecule has 3 atom stereocenters. The molecule has 17 heavy (non-hydrogen) atoms. The second-order valence-corrected chi connectivity index (χ2v) is 4.78. The number of likely N-dealkylation sites (tertiary alicyclic amines) is 1. The van der Waals surface area contributed by atoms with Gasteiger partial charge in [-0.25, -0.2) is 0 Å². The number of benzene rings is 1. The van der Waals surface area contributed by atoms with E-state index in [1.165, 1.54) is 0 Å². The van der Waals surface area contributed by atoms with Crippen molar-refractivity contribution in [3.05, 3.63) is 35.9 Å². The number of carbonyl (C=O) groups excluding carboxylic acids is 1. The molecule has 1 amide bonds. The molecule has 0 bridgehead atoms. The van der Waals surface area contributed by atoms with Crippen molar-refractivity contribution >= 4 is 5.91 Å². The number of alkyl halides is 1. The zero-order valence-electron chi connectivity index (χ0n) is 10.3. The monoisotopic (exact) mass is 235 g/mol. The standard InChI is InChI=1S/C14H18FNO/c1-10-13(8-15)9-16(14(10)17)11(2)12-6-4-3-5-7-12/h3-7,10-11,13H,8-9H2,1-2H3. The predicted octanol–water partition coefficient (Wildman–Crippen LogP) is 2.81. The molecule has 0 saturated carbocycles. The van der Waals surface area contributed by atoms with Crippen LogP contribution in [0, 0.1) is 11.8 Å². The van der Waals surface area contributed by atoms with Gasteiger partial charge >= 0.3 is 0 Å². The lowest BCUT2D eigenvalue weighted by Gasteiger charge is -2.25. The molecular formula is C14H18FNO. The van der Waals surface area contributed by atoms with Crippen LogP contribution < -0.4 is 0 Å². The number of hydrogen-bond donors (Lipinski definition) is 0. The van der Waals surface area contributed by atoms with Crippen molar-refractivity contribution in [3.8, 4) is 0 Å². The first-order chi connectivity index (χ1) is 8.15. The van der Waals surface area contributed by atoms with Gasteiger partial charge in [0.15, 0.2) is 0 Å². The Labute approximate surface area is 101 Å². The van der Waals surface area contributed by atoms with E-state index < -0.39 is 6.67 Å². The van der Waals surface area contributed by atoms with E-state index >= 15 is 0 Å². The number of nitrogens with zero attached hydrogens (tertiary/aromatic N) is 1. The number of carbonyl (C=O) groups is 1. The van der Waals surface area contributed by atoms with Crippen LogP contribution in [-0.4, -0.2) is 24.0 Å². The molecule has 1 aliphatic rings. The highest BCUT2D eigenvalue weighted by molar-refractivity contribution is 5.81. The molecule has 92 valence electrons. The van der Waals surface area contributed by atoms with Gasteiger partial charge in [0.25, 0.3) is 0 Å². The summed E-state index contributed by atoms with van der Waals surface area (Å²) in [5.74, 6) is -0.260. The lowest BCUT2D eigenvalue weighted by atomic mass is 10.00. The first kappa shape index (κ1) is 12.1. The van der Waals surface area contributed by atoms with Gasteiger partial charge in [0.1, 0.15) is 0 Å². The van der Waals surface area contributed by atoms with Crippen LogP contribution in [0.5, 0.6) is 0 Å². The van der Waals surface area contributed by atoms with E-state index in [-0.39, 0.29) is 23.8 Å². The van der Waals surface area contributed by atoms with Crippen LogP contribution >= 0.6 is 0 Å². The van der Waals surface area contributed by atoms with Gasteiger partial charge in [0.05, 0.1) is 12.7 Å². The van der Waals surface area contributed by atoms with Crippen LogP contribution in [0.15, 0.2) is 30.3 Å². The predicted molar refractivity (Wildman–Crippen MR) is 65.2 cm³/mol. The van der Waals surface area contributed by atoms with Crippen LogP contribution in [0.25, 0.3) is 0 Å². The van der Waals surface area contributed by atoms with Gasteiger partial charge in [-0.1, -0.05) is 37.3 Å². The minimum atomic E-state index is -0.412. The molecular weight excluding hydrogens is 217 g/mol. The molecule has 3 heteroatoms. The Morgan fingerprint density at radius 2 is 2.06 bits per heavy atom. The first-order valence-electron chi connectivity index (χ1n) is 6.06. The van der Waals surface area contributed by atoms with Gasteiger partial charge in [-0.15, -0.1) is 0 Å². The van der Waals surface area contributed by atoms with Crippen molar-refractivity contribution in [2.75, 3.05) is 13.2 Å². The fourth-order valence-electron chi connectivity index (χ4n) is 2.41. The van der Waals surface area contributed by atoms with E-state index in [9.17, 15) is 9.18 Å². The lowest BCUT2D eigenvalue weighted by Crippen LogP contribution is -2.29. The zero-order valence-corrected chi connectivity index (χ0v) is 10.3. The molecule has 0 radical (unpaired) electrons. The molecule has 0 N–H and O–H groups in total. The van der Waals surface area contributed by atoms with Crippen LogP contribution in [0.3, 0.4) is 0 Å². The molecule has 1 aromatic rings. The summed E-state index contributed by atoms with van der Waals surface area (Å²) in [6, 6.07) is 9.92. The van der Waals surface area contributed by atoms with Gasteiger partial charge in [0.2, 0.25) is 5.91 Å². The molecule has 1 fully saturated rings. The summed E-state index contributed by atoms with van der Waals surface area (Å²) < 4.78 is 12.8. The van der Waals surface area contributed by atoms with Crippen LogP contribution in [0.4, 0.5) is 4.39 Å². The molecule has 0 aliphatic carbocycles. The quantitative estimate of drug-likeness (QED) is 0.789. The number of amides is 1. The highest BCUT2D eigenvalue weighted by Crippen LogP contribution is 2.32. The van der Waals surface area contributed by atoms with Crippen LogP contribution in [0.1, 0.15) is 25.5 Å². The maximum absolute atomic E-state index is 12.8. The average Bonchev–Trinajstić information content (AvgIpc) is 2.66. The third-order valence-corrected chi connectivity index (χ3v) is 3.76. The molecule has 1 aliphatic heterocycles. The third kappa shape index (κ3) is 2.19. The molecule has 0 spiro atoms. The fraction of sp³-hybridized carbons (Fsp3) is 0.500. The Kier molecular flexibility index (Phi) is 3.46. The number of rotatable bonds is 3. The Hall–Kier alpha value is -1.38. The SMILES string of the molecule is CC1C(=O)N(C(C)c2ccccc2)CC1CF. The Balaban J connectivity index is 2.16. The second-order valence-electron chi connectivity index (χ2n) is 4.78. The summed E-state index contributed by atoms with van der Waals surface area (Å²) in [5.41, 5.74) is 1.10. The highest BCUT2D eigenvalue weighted by atomic mass is 19.1. The van der Waals surface area contributed by atoms with Gasteiger partial charge in [0, 0.05) is 18.4 Å². The molecule has 3 unspecified atom stereocenters. The lowest BCUT2D eigenvalue weighted by molar-refractivity contribution is -0.132. The normalized spacial score (nSPS) is 26.3. The molecule has 1 aromatic carbocycles. The largest absolute Gasteiger partial charge is 0.335 e. The maximum Gasteiger partial charge on any atom is 0.226 e. The molecule has 0 aromatic heterocycles.